The lowest BCUT2D eigenvalue weighted by molar-refractivity contribution is 0.471. The molecular weight excluding hydrogens is 224 g/mol. The van der Waals surface area contributed by atoms with Gasteiger partial charge in [-0.25, -0.2) is 0 Å². The highest BCUT2D eigenvalue weighted by Gasteiger charge is 2.05. The van der Waals surface area contributed by atoms with Crippen molar-refractivity contribution >= 4 is 0 Å². The predicted molar refractivity (Wildman–Crippen MR) is 72.3 cm³/mol. The van der Waals surface area contributed by atoms with E-state index in [4.69, 9.17) is 5.11 Å². The van der Waals surface area contributed by atoms with Crippen molar-refractivity contribution in [1.82, 2.24) is 10.3 Å². The maximum atomic E-state index is 9.16. The summed E-state index contributed by atoms with van der Waals surface area (Å²) in [6.07, 6.45) is 1.47. The van der Waals surface area contributed by atoms with Gasteiger partial charge in [0.15, 0.2) is 0 Å². The summed E-state index contributed by atoms with van der Waals surface area (Å²) in [5.74, 6) is 0.200. The van der Waals surface area contributed by atoms with E-state index in [1.54, 1.807) is 6.07 Å². The number of pyridine rings is 1. The molecule has 3 heteroatoms. The van der Waals surface area contributed by atoms with Crippen molar-refractivity contribution in [2.75, 3.05) is 0 Å². The van der Waals surface area contributed by atoms with E-state index >= 15 is 0 Å². The molecule has 0 bridgehead atoms. The van der Waals surface area contributed by atoms with Crippen LogP contribution in [0.25, 0.3) is 0 Å². The third kappa shape index (κ3) is 3.31. The largest absolute Gasteiger partial charge is 0.506 e. The van der Waals surface area contributed by atoms with Gasteiger partial charge in [0.2, 0.25) is 0 Å². The van der Waals surface area contributed by atoms with Gasteiger partial charge < -0.3 is 10.4 Å². The molecule has 3 nitrogen and oxygen atoms in total. The maximum Gasteiger partial charge on any atom is 0.133 e. The quantitative estimate of drug-likeness (QED) is 0.866. The van der Waals surface area contributed by atoms with Crippen molar-refractivity contribution in [2.45, 2.75) is 26.4 Å². The summed E-state index contributed by atoms with van der Waals surface area (Å²) >= 11 is 0. The first-order valence-corrected chi connectivity index (χ1v) is 6.09. The lowest BCUT2D eigenvalue weighted by atomic mass is 10.1. The Hall–Kier alpha value is -1.87. The summed E-state index contributed by atoms with van der Waals surface area (Å²) < 4.78 is 0. The second kappa shape index (κ2) is 5.65. The summed E-state index contributed by atoms with van der Waals surface area (Å²) in [6, 6.07) is 12.2. The fourth-order valence-electron chi connectivity index (χ4n) is 1.84. The van der Waals surface area contributed by atoms with Gasteiger partial charge in [0.25, 0.3) is 0 Å². The van der Waals surface area contributed by atoms with Crippen LogP contribution in [0.1, 0.15) is 29.8 Å². The zero-order chi connectivity index (χ0) is 13.0. The van der Waals surface area contributed by atoms with Crippen molar-refractivity contribution in [1.29, 1.82) is 0 Å². The average Bonchev–Trinajstić information content (AvgIpc) is 2.38. The number of nitrogens with one attached hydrogen (secondary N) is 1. The number of hydrogen-bond donors (Lipinski definition) is 2. The Morgan fingerprint density at radius 3 is 2.78 bits per heavy atom. The van der Waals surface area contributed by atoms with Gasteiger partial charge in [-0.1, -0.05) is 29.8 Å². The normalized spacial score (nSPS) is 12.3. The van der Waals surface area contributed by atoms with Crippen LogP contribution in [0.5, 0.6) is 5.75 Å². The van der Waals surface area contributed by atoms with Crippen LogP contribution in [0.4, 0.5) is 0 Å². The van der Waals surface area contributed by atoms with E-state index in [2.05, 4.69) is 48.4 Å². The number of aromatic nitrogens is 1. The molecule has 0 radical (unpaired) electrons. The standard InChI is InChI=1S/C15H18N2O/c1-11-4-3-5-13(8-11)12(2)16-9-14-6-7-15(18)10-17-14/h3-8,10,12,16,18H,9H2,1-2H3/t12-/m0/s1. The Bertz CT molecular complexity index is 508. The second-order valence-electron chi connectivity index (χ2n) is 4.52. The van der Waals surface area contributed by atoms with Gasteiger partial charge in [-0.15, -0.1) is 0 Å². The molecule has 1 atom stereocenters. The molecular formula is C15H18N2O. The highest BCUT2D eigenvalue weighted by atomic mass is 16.3. The van der Waals surface area contributed by atoms with Crippen molar-refractivity contribution in [3.05, 3.63) is 59.4 Å². The first-order valence-electron chi connectivity index (χ1n) is 6.09. The number of rotatable bonds is 4. The van der Waals surface area contributed by atoms with Crippen LogP contribution in [0.2, 0.25) is 0 Å². The van der Waals surface area contributed by atoms with E-state index in [9.17, 15) is 0 Å². The minimum Gasteiger partial charge on any atom is -0.506 e. The van der Waals surface area contributed by atoms with Crippen LogP contribution in [-0.4, -0.2) is 10.1 Å². The van der Waals surface area contributed by atoms with Gasteiger partial charge in [0, 0.05) is 12.6 Å². The van der Waals surface area contributed by atoms with E-state index in [0.29, 0.717) is 6.54 Å². The molecule has 1 aromatic carbocycles. The lowest BCUT2D eigenvalue weighted by Crippen LogP contribution is -2.18. The Kier molecular flexibility index (Phi) is 3.95. The van der Waals surface area contributed by atoms with Gasteiger partial charge in [-0.05, 0) is 31.5 Å². The molecule has 2 N–H and O–H groups in total. The smallest absolute Gasteiger partial charge is 0.133 e. The van der Waals surface area contributed by atoms with Crippen molar-refractivity contribution in [3.8, 4) is 5.75 Å². The van der Waals surface area contributed by atoms with Crippen LogP contribution in [-0.2, 0) is 6.54 Å². The van der Waals surface area contributed by atoms with Crippen LogP contribution in [0, 0.1) is 6.92 Å². The SMILES string of the molecule is Cc1cccc([C@H](C)NCc2ccc(O)cn2)c1. The number of benzene rings is 1. The van der Waals surface area contributed by atoms with Crippen LogP contribution < -0.4 is 5.32 Å². The minimum absolute atomic E-state index is 0.200. The Morgan fingerprint density at radius 2 is 2.11 bits per heavy atom. The summed E-state index contributed by atoms with van der Waals surface area (Å²) in [4.78, 5) is 4.15. The number of hydrogen-bond acceptors (Lipinski definition) is 3. The van der Waals surface area contributed by atoms with E-state index in [0.717, 1.165) is 5.69 Å². The second-order valence-corrected chi connectivity index (χ2v) is 4.52. The minimum atomic E-state index is 0.200. The van der Waals surface area contributed by atoms with Gasteiger partial charge in [0.05, 0.1) is 11.9 Å². The van der Waals surface area contributed by atoms with E-state index < -0.39 is 0 Å². The highest BCUT2D eigenvalue weighted by Crippen LogP contribution is 2.14. The Labute approximate surface area is 108 Å². The fraction of sp³-hybridized carbons (Fsp3) is 0.267. The molecule has 0 spiro atoms. The molecule has 2 rings (SSSR count). The highest BCUT2D eigenvalue weighted by molar-refractivity contribution is 5.25. The Balaban J connectivity index is 1.96. The van der Waals surface area contributed by atoms with Crippen molar-refractivity contribution in [3.63, 3.8) is 0 Å². The molecule has 0 saturated heterocycles. The molecule has 94 valence electrons. The van der Waals surface area contributed by atoms with Crippen LogP contribution in [0.15, 0.2) is 42.6 Å². The monoisotopic (exact) mass is 242 g/mol. The molecule has 0 fully saturated rings. The predicted octanol–water partition coefficient (Wildman–Crippen LogP) is 2.95. The average molecular weight is 242 g/mol. The van der Waals surface area contributed by atoms with E-state index in [1.165, 1.54) is 17.3 Å². The lowest BCUT2D eigenvalue weighted by Gasteiger charge is -2.14. The molecule has 2 aromatic rings. The number of aromatic hydroxyl groups is 1. The molecule has 0 amide bonds. The van der Waals surface area contributed by atoms with Gasteiger partial charge >= 0.3 is 0 Å². The topological polar surface area (TPSA) is 45.1 Å². The molecule has 18 heavy (non-hydrogen) atoms. The maximum absolute atomic E-state index is 9.16. The third-order valence-electron chi connectivity index (χ3n) is 2.94. The third-order valence-corrected chi connectivity index (χ3v) is 2.94. The fourth-order valence-corrected chi connectivity index (χ4v) is 1.84. The first-order chi connectivity index (χ1) is 8.65. The van der Waals surface area contributed by atoms with Crippen LogP contribution >= 0.6 is 0 Å². The van der Waals surface area contributed by atoms with E-state index in [-0.39, 0.29) is 11.8 Å². The summed E-state index contributed by atoms with van der Waals surface area (Å²) in [5.41, 5.74) is 3.46. The Morgan fingerprint density at radius 1 is 1.28 bits per heavy atom. The first kappa shape index (κ1) is 12.6. The summed E-state index contributed by atoms with van der Waals surface area (Å²) in [7, 11) is 0. The molecule has 0 unspecified atom stereocenters. The zero-order valence-corrected chi connectivity index (χ0v) is 10.7. The summed E-state index contributed by atoms with van der Waals surface area (Å²) in [5, 5.41) is 12.6. The van der Waals surface area contributed by atoms with Gasteiger partial charge in [-0.2, -0.15) is 0 Å². The summed E-state index contributed by atoms with van der Waals surface area (Å²) in [6.45, 7) is 4.92. The zero-order valence-electron chi connectivity index (χ0n) is 10.7. The number of nitrogens with zero attached hydrogens (tertiary/aromatic N) is 1. The van der Waals surface area contributed by atoms with Crippen molar-refractivity contribution < 1.29 is 5.11 Å². The molecule has 0 aliphatic heterocycles. The molecule has 1 heterocycles. The molecule has 0 saturated carbocycles. The van der Waals surface area contributed by atoms with E-state index in [1.807, 2.05) is 6.07 Å². The molecule has 0 aliphatic carbocycles. The van der Waals surface area contributed by atoms with Crippen molar-refractivity contribution in [2.24, 2.45) is 0 Å². The van der Waals surface area contributed by atoms with Gasteiger partial charge in [-0.3, -0.25) is 4.98 Å². The van der Waals surface area contributed by atoms with Gasteiger partial charge in [0.1, 0.15) is 5.75 Å². The molecule has 0 aliphatic rings. The van der Waals surface area contributed by atoms with Crippen LogP contribution in [0.3, 0.4) is 0 Å². The molecule has 1 aromatic heterocycles. The number of aryl methyl sites for hydroxylation is 1.